The van der Waals surface area contributed by atoms with Crippen LogP contribution in [0.4, 0.5) is 0 Å². The van der Waals surface area contributed by atoms with E-state index in [-0.39, 0.29) is 5.41 Å². The van der Waals surface area contributed by atoms with Crippen molar-refractivity contribution in [3.63, 3.8) is 0 Å². The summed E-state index contributed by atoms with van der Waals surface area (Å²) < 4.78 is 10.7. The van der Waals surface area contributed by atoms with E-state index in [9.17, 15) is 0 Å². The Hall–Kier alpha value is -2.21. The summed E-state index contributed by atoms with van der Waals surface area (Å²) >= 11 is 1.78. The van der Waals surface area contributed by atoms with Gasteiger partial charge in [0.05, 0.1) is 14.2 Å². The summed E-state index contributed by atoms with van der Waals surface area (Å²) in [6, 6.07) is 10.1. The summed E-state index contributed by atoms with van der Waals surface area (Å²) in [5.41, 5.74) is 1.09. The first-order chi connectivity index (χ1) is 12.0. The monoisotopic (exact) mass is 361 g/mol. The largest absolute Gasteiger partial charge is 0.497 e. The molecular weight excluding hydrogens is 334 g/mol. The third-order valence-electron chi connectivity index (χ3n) is 4.05. The van der Waals surface area contributed by atoms with Gasteiger partial charge >= 0.3 is 0 Å². The predicted octanol–water partition coefficient (Wildman–Crippen LogP) is 3.41. The van der Waals surface area contributed by atoms with Crippen LogP contribution in [0.2, 0.25) is 0 Å². The van der Waals surface area contributed by atoms with Gasteiger partial charge < -0.3 is 20.1 Å². The molecule has 1 heterocycles. The number of thiophene rings is 1. The molecule has 25 heavy (non-hydrogen) atoms. The first-order valence-electron chi connectivity index (χ1n) is 8.19. The molecule has 0 saturated carbocycles. The molecule has 0 radical (unpaired) electrons. The molecule has 0 spiro atoms. The normalized spacial score (nSPS) is 12.0. The minimum absolute atomic E-state index is 0.0452. The smallest absolute Gasteiger partial charge is 0.191 e. The van der Waals surface area contributed by atoms with Crippen molar-refractivity contribution in [1.29, 1.82) is 0 Å². The van der Waals surface area contributed by atoms with Crippen LogP contribution in [-0.2, 0) is 12.0 Å². The molecule has 1 aromatic carbocycles. The number of hydrogen-bond donors (Lipinski definition) is 2. The number of ether oxygens (including phenoxy) is 2. The molecule has 0 atom stereocenters. The molecule has 136 valence electrons. The number of hydrogen-bond acceptors (Lipinski definition) is 4. The van der Waals surface area contributed by atoms with Crippen LogP contribution in [0.25, 0.3) is 0 Å². The Morgan fingerprint density at radius 3 is 2.56 bits per heavy atom. The van der Waals surface area contributed by atoms with Crippen LogP contribution in [0.1, 0.15) is 24.3 Å². The number of nitrogens with one attached hydrogen (secondary N) is 2. The number of aliphatic imine (C=N–C) groups is 1. The average Bonchev–Trinajstić information content (AvgIpc) is 3.17. The summed E-state index contributed by atoms with van der Waals surface area (Å²) in [5.74, 6) is 2.34. The first-order valence-corrected chi connectivity index (χ1v) is 9.07. The second kappa shape index (κ2) is 8.76. The highest BCUT2D eigenvalue weighted by Gasteiger charge is 2.21. The molecule has 0 aliphatic rings. The molecule has 2 rings (SSSR count). The Morgan fingerprint density at radius 2 is 1.96 bits per heavy atom. The summed E-state index contributed by atoms with van der Waals surface area (Å²) in [6.45, 7) is 5.87. The van der Waals surface area contributed by atoms with E-state index in [0.717, 1.165) is 29.6 Å². The molecular formula is C19H27N3O2S. The molecule has 0 unspecified atom stereocenters. The number of methoxy groups -OCH3 is 2. The number of guanidine groups is 1. The van der Waals surface area contributed by atoms with Gasteiger partial charge in [0.25, 0.3) is 0 Å². The van der Waals surface area contributed by atoms with Crippen LogP contribution in [0.3, 0.4) is 0 Å². The Balaban J connectivity index is 1.95. The van der Waals surface area contributed by atoms with Crippen molar-refractivity contribution in [2.24, 2.45) is 4.99 Å². The van der Waals surface area contributed by atoms with Gasteiger partial charge in [-0.1, -0.05) is 19.9 Å². The predicted molar refractivity (Wildman–Crippen MR) is 105 cm³/mol. The number of benzene rings is 1. The molecule has 5 nitrogen and oxygen atoms in total. The fourth-order valence-corrected chi connectivity index (χ4v) is 3.31. The maximum absolute atomic E-state index is 5.44. The summed E-state index contributed by atoms with van der Waals surface area (Å²) in [5, 5.41) is 8.86. The Kier molecular flexibility index (Phi) is 6.70. The molecule has 0 fully saturated rings. The van der Waals surface area contributed by atoms with E-state index in [1.165, 1.54) is 4.88 Å². The molecule has 0 aliphatic carbocycles. The summed E-state index contributed by atoms with van der Waals surface area (Å²) in [6.07, 6.45) is 0. The second-order valence-corrected chi connectivity index (χ2v) is 7.27. The third kappa shape index (κ3) is 5.13. The SMILES string of the molecule is CN=C(NCc1ccc(OC)cc1OC)NCC(C)(C)c1cccs1. The fraction of sp³-hybridized carbons (Fsp3) is 0.421. The zero-order valence-electron chi connectivity index (χ0n) is 15.6. The maximum Gasteiger partial charge on any atom is 0.191 e. The van der Waals surface area contributed by atoms with Crippen LogP contribution in [0, 0.1) is 0 Å². The van der Waals surface area contributed by atoms with E-state index >= 15 is 0 Å². The van der Waals surface area contributed by atoms with Crippen LogP contribution in [-0.4, -0.2) is 33.8 Å². The average molecular weight is 362 g/mol. The Bertz CT molecular complexity index is 697. The van der Waals surface area contributed by atoms with Crippen molar-refractivity contribution < 1.29 is 9.47 Å². The van der Waals surface area contributed by atoms with Crippen LogP contribution in [0.5, 0.6) is 11.5 Å². The second-order valence-electron chi connectivity index (χ2n) is 6.32. The number of nitrogens with zero attached hydrogens (tertiary/aromatic N) is 1. The van der Waals surface area contributed by atoms with E-state index in [1.54, 1.807) is 32.6 Å². The zero-order valence-corrected chi connectivity index (χ0v) is 16.4. The summed E-state index contributed by atoms with van der Waals surface area (Å²) in [7, 11) is 5.08. The molecule has 1 aromatic heterocycles. The Labute approximate surface area is 154 Å². The molecule has 0 amide bonds. The van der Waals surface area contributed by atoms with Crippen molar-refractivity contribution in [3.8, 4) is 11.5 Å². The van der Waals surface area contributed by atoms with Gasteiger partial charge in [0.1, 0.15) is 11.5 Å². The molecule has 2 aromatic rings. The minimum atomic E-state index is 0.0452. The zero-order chi connectivity index (χ0) is 18.3. The molecule has 2 N–H and O–H groups in total. The van der Waals surface area contributed by atoms with Crippen molar-refractivity contribution in [3.05, 3.63) is 46.2 Å². The first kappa shape index (κ1) is 19.1. The molecule has 0 saturated heterocycles. The van der Waals surface area contributed by atoms with Gasteiger partial charge in [0.15, 0.2) is 5.96 Å². The van der Waals surface area contributed by atoms with Gasteiger partial charge in [-0.05, 0) is 23.6 Å². The van der Waals surface area contributed by atoms with Crippen molar-refractivity contribution >= 4 is 17.3 Å². The fourth-order valence-electron chi connectivity index (χ4n) is 2.45. The van der Waals surface area contributed by atoms with E-state index in [2.05, 4.69) is 47.0 Å². The van der Waals surface area contributed by atoms with Gasteiger partial charge in [-0.15, -0.1) is 11.3 Å². The van der Waals surface area contributed by atoms with Crippen LogP contribution >= 0.6 is 11.3 Å². The third-order valence-corrected chi connectivity index (χ3v) is 5.29. The van der Waals surface area contributed by atoms with E-state index < -0.39 is 0 Å². The van der Waals surface area contributed by atoms with Gasteiger partial charge in [-0.3, -0.25) is 4.99 Å². The van der Waals surface area contributed by atoms with Gasteiger partial charge in [0, 0.05) is 42.1 Å². The Morgan fingerprint density at radius 1 is 1.16 bits per heavy atom. The summed E-state index contributed by atoms with van der Waals surface area (Å²) in [4.78, 5) is 5.66. The van der Waals surface area contributed by atoms with Crippen LogP contribution in [0.15, 0.2) is 40.7 Å². The molecule has 0 aliphatic heterocycles. The van der Waals surface area contributed by atoms with Crippen molar-refractivity contribution in [1.82, 2.24) is 10.6 Å². The highest BCUT2D eigenvalue weighted by Crippen LogP contribution is 2.27. The lowest BCUT2D eigenvalue weighted by Gasteiger charge is -2.25. The lowest BCUT2D eigenvalue weighted by molar-refractivity contribution is 0.390. The van der Waals surface area contributed by atoms with Crippen molar-refractivity contribution in [2.75, 3.05) is 27.8 Å². The van der Waals surface area contributed by atoms with Crippen LogP contribution < -0.4 is 20.1 Å². The highest BCUT2D eigenvalue weighted by molar-refractivity contribution is 7.10. The quantitative estimate of drug-likeness (QED) is 0.586. The standard InChI is InChI=1S/C19H27N3O2S/c1-19(2,17-7-6-10-25-17)13-22-18(20-3)21-12-14-8-9-15(23-4)11-16(14)24-5/h6-11H,12-13H2,1-5H3,(H2,20,21,22). The van der Waals surface area contributed by atoms with E-state index in [1.807, 2.05) is 18.2 Å². The minimum Gasteiger partial charge on any atom is -0.497 e. The molecule has 0 bridgehead atoms. The lowest BCUT2D eigenvalue weighted by atomic mass is 9.91. The van der Waals surface area contributed by atoms with Gasteiger partial charge in [0.2, 0.25) is 0 Å². The van der Waals surface area contributed by atoms with E-state index in [0.29, 0.717) is 6.54 Å². The van der Waals surface area contributed by atoms with E-state index in [4.69, 9.17) is 9.47 Å². The van der Waals surface area contributed by atoms with Gasteiger partial charge in [-0.25, -0.2) is 0 Å². The topological polar surface area (TPSA) is 54.9 Å². The number of rotatable bonds is 7. The lowest BCUT2D eigenvalue weighted by Crippen LogP contribution is -2.43. The van der Waals surface area contributed by atoms with Crippen molar-refractivity contribution in [2.45, 2.75) is 25.8 Å². The highest BCUT2D eigenvalue weighted by atomic mass is 32.1. The molecule has 6 heteroatoms. The maximum atomic E-state index is 5.44. The van der Waals surface area contributed by atoms with Gasteiger partial charge in [-0.2, -0.15) is 0 Å².